The lowest BCUT2D eigenvalue weighted by Gasteiger charge is -2.18. The highest BCUT2D eigenvalue weighted by molar-refractivity contribution is 5.69. The third-order valence-electron chi connectivity index (χ3n) is 1.53. The molecule has 0 aliphatic carbocycles. The Morgan fingerprint density at radius 1 is 1.42 bits per heavy atom. The van der Waals surface area contributed by atoms with Gasteiger partial charge in [0.05, 0.1) is 6.54 Å². The van der Waals surface area contributed by atoms with E-state index in [1.54, 1.807) is 0 Å². The first-order chi connectivity index (χ1) is 5.70. The van der Waals surface area contributed by atoms with Crippen LogP contribution in [0.15, 0.2) is 0 Å². The van der Waals surface area contributed by atoms with Gasteiger partial charge in [0.25, 0.3) is 0 Å². The van der Waals surface area contributed by atoms with Crippen molar-refractivity contribution in [1.82, 2.24) is 4.90 Å². The van der Waals surface area contributed by atoms with Crippen LogP contribution in [0.5, 0.6) is 0 Å². The number of hydrogen-bond acceptors (Lipinski definition) is 3. The number of carboxylic acids is 1. The fourth-order valence-corrected chi connectivity index (χ4v) is 1.07. The predicted molar refractivity (Wildman–Crippen MR) is 46.1 cm³/mol. The minimum Gasteiger partial charge on any atom is -0.480 e. The molecule has 72 valence electrons. The lowest BCUT2D eigenvalue weighted by atomic mass is 10.3. The average Bonchev–Trinajstić information content (AvgIpc) is 2.00. The molecule has 4 nitrogen and oxygen atoms in total. The summed E-state index contributed by atoms with van der Waals surface area (Å²) in [4.78, 5) is 12.2. The smallest absolute Gasteiger partial charge is 0.317 e. The maximum absolute atomic E-state index is 10.3. The molecule has 0 fully saturated rings. The van der Waals surface area contributed by atoms with E-state index in [0.717, 1.165) is 13.0 Å². The van der Waals surface area contributed by atoms with Gasteiger partial charge in [0, 0.05) is 13.2 Å². The Morgan fingerprint density at radius 3 is 2.50 bits per heavy atom. The van der Waals surface area contributed by atoms with Crippen molar-refractivity contribution in [2.75, 3.05) is 26.2 Å². The third kappa shape index (κ3) is 6.12. The normalized spacial score (nSPS) is 10.6. The lowest BCUT2D eigenvalue weighted by molar-refractivity contribution is -0.138. The molecular weight excluding hydrogens is 158 g/mol. The van der Waals surface area contributed by atoms with Crippen LogP contribution in [-0.2, 0) is 4.79 Å². The molecule has 0 bridgehead atoms. The fraction of sp³-hybridized carbons (Fsp3) is 0.875. The summed E-state index contributed by atoms with van der Waals surface area (Å²) in [7, 11) is 0. The highest BCUT2D eigenvalue weighted by atomic mass is 16.4. The first kappa shape index (κ1) is 11.4. The second-order valence-electron chi connectivity index (χ2n) is 2.75. The maximum atomic E-state index is 10.3. The largest absolute Gasteiger partial charge is 0.480 e. The molecule has 12 heavy (non-hydrogen) atoms. The molecule has 0 unspecified atom stereocenters. The van der Waals surface area contributed by atoms with Crippen LogP contribution in [0.4, 0.5) is 0 Å². The zero-order chi connectivity index (χ0) is 9.40. The Morgan fingerprint density at radius 2 is 2.08 bits per heavy atom. The summed E-state index contributed by atoms with van der Waals surface area (Å²) in [6.45, 7) is 3.66. The van der Waals surface area contributed by atoms with Gasteiger partial charge in [0.15, 0.2) is 0 Å². The SMILES string of the molecule is CCCN(CCCO)CC(=O)O. The van der Waals surface area contributed by atoms with Gasteiger partial charge in [-0.2, -0.15) is 0 Å². The van der Waals surface area contributed by atoms with Crippen molar-refractivity contribution in [1.29, 1.82) is 0 Å². The van der Waals surface area contributed by atoms with Gasteiger partial charge >= 0.3 is 5.97 Å². The maximum Gasteiger partial charge on any atom is 0.317 e. The minimum absolute atomic E-state index is 0.0772. The number of hydrogen-bond donors (Lipinski definition) is 2. The van der Waals surface area contributed by atoms with Crippen LogP contribution >= 0.6 is 0 Å². The fourth-order valence-electron chi connectivity index (χ4n) is 1.07. The molecule has 0 atom stereocenters. The zero-order valence-corrected chi connectivity index (χ0v) is 7.49. The highest BCUT2D eigenvalue weighted by Crippen LogP contribution is 1.93. The summed E-state index contributed by atoms with van der Waals surface area (Å²) < 4.78 is 0. The Bertz CT molecular complexity index is 127. The highest BCUT2D eigenvalue weighted by Gasteiger charge is 2.06. The third-order valence-corrected chi connectivity index (χ3v) is 1.53. The van der Waals surface area contributed by atoms with Crippen LogP contribution in [0.3, 0.4) is 0 Å². The van der Waals surface area contributed by atoms with Gasteiger partial charge < -0.3 is 10.2 Å². The molecule has 0 aliphatic rings. The average molecular weight is 175 g/mol. The number of aliphatic hydroxyl groups is 1. The van der Waals surface area contributed by atoms with E-state index in [1.165, 1.54) is 0 Å². The lowest BCUT2D eigenvalue weighted by Crippen LogP contribution is -2.31. The molecule has 0 aliphatic heterocycles. The van der Waals surface area contributed by atoms with E-state index in [9.17, 15) is 4.79 Å². The van der Waals surface area contributed by atoms with Gasteiger partial charge in [-0.25, -0.2) is 0 Å². The van der Waals surface area contributed by atoms with Gasteiger partial charge in [-0.1, -0.05) is 6.92 Å². The zero-order valence-electron chi connectivity index (χ0n) is 7.49. The molecule has 0 saturated carbocycles. The first-order valence-electron chi connectivity index (χ1n) is 4.25. The standard InChI is InChI=1S/C8H17NO3/c1-2-4-9(5-3-6-10)7-8(11)12/h10H,2-7H2,1H3,(H,11,12). The Balaban J connectivity index is 3.61. The molecule has 2 N–H and O–H groups in total. The van der Waals surface area contributed by atoms with Crippen molar-refractivity contribution >= 4 is 5.97 Å². The van der Waals surface area contributed by atoms with Crippen LogP contribution in [0, 0.1) is 0 Å². The van der Waals surface area contributed by atoms with Crippen molar-refractivity contribution in [3.63, 3.8) is 0 Å². The number of aliphatic hydroxyl groups excluding tert-OH is 1. The van der Waals surface area contributed by atoms with E-state index in [4.69, 9.17) is 10.2 Å². The Kier molecular flexibility index (Phi) is 6.70. The molecule has 4 heteroatoms. The van der Waals surface area contributed by atoms with Crippen molar-refractivity contribution < 1.29 is 15.0 Å². The van der Waals surface area contributed by atoms with Gasteiger partial charge in [-0.3, -0.25) is 9.69 Å². The number of nitrogens with zero attached hydrogens (tertiary/aromatic N) is 1. The Labute approximate surface area is 72.8 Å². The van der Waals surface area contributed by atoms with Crippen molar-refractivity contribution in [2.45, 2.75) is 19.8 Å². The number of aliphatic carboxylic acids is 1. The number of carbonyl (C=O) groups is 1. The van der Waals surface area contributed by atoms with Crippen molar-refractivity contribution in [3.05, 3.63) is 0 Å². The molecule has 0 radical (unpaired) electrons. The van der Waals surface area contributed by atoms with E-state index >= 15 is 0 Å². The van der Waals surface area contributed by atoms with E-state index < -0.39 is 5.97 Å². The van der Waals surface area contributed by atoms with Gasteiger partial charge in [-0.05, 0) is 19.4 Å². The van der Waals surface area contributed by atoms with Crippen molar-refractivity contribution in [3.8, 4) is 0 Å². The summed E-state index contributed by atoms with van der Waals surface area (Å²) in [5, 5.41) is 17.0. The van der Waals surface area contributed by atoms with Crippen LogP contribution in [0.2, 0.25) is 0 Å². The summed E-state index contributed by atoms with van der Waals surface area (Å²) >= 11 is 0. The molecule has 0 amide bonds. The summed E-state index contributed by atoms with van der Waals surface area (Å²) in [6.07, 6.45) is 1.59. The topological polar surface area (TPSA) is 60.8 Å². The first-order valence-corrected chi connectivity index (χ1v) is 4.25. The predicted octanol–water partition coefficient (Wildman–Crippen LogP) is 0.165. The molecule has 0 aromatic carbocycles. The Hall–Kier alpha value is -0.610. The van der Waals surface area contributed by atoms with E-state index in [1.807, 2.05) is 11.8 Å². The molecule has 0 aromatic heterocycles. The molecule has 0 aromatic rings. The van der Waals surface area contributed by atoms with Crippen LogP contribution < -0.4 is 0 Å². The molecule has 0 saturated heterocycles. The van der Waals surface area contributed by atoms with Gasteiger partial charge in [-0.15, -0.1) is 0 Å². The second-order valence-corrected chi connectivity index (χ2v) is 2.75. The van der Waals surface area contributed by atoms with Crippen LogP contribution in [-0.4, -0.2) is 47.3 Å². The number of carboxylic acid groups (broad SMARTS) is 1. The molecule has 0 spiro atoms. The quantitative estimate of drug-likeness (QED) is 0.579. The van der Waals surface area contributed by atoms with E-state index in [-0.39, 0.29) is 13.2 Å². The summed E-state index contributed by atoms with van der Waals surface area (Å²) in [5.74, 6) is -0.804. The second kappa shape index (κ2) is 7.06. The molecule has 0 rings (SSSR count). The number of rotatable bonds is 7. The summed E-state index contributed by atoms with van der Waals surface area (Å²) in [6, 6.07) is 0. The molecular formula is C8H17NO3. The minimum atomic E-state index is -0.804. The van der Waals surface area contributed by atoms with E-state index in [0.29, 0.717) is 13.0 Å². The van der Waals surface area contributed by atoms with E-state index in [2.05, 4.69) is 0 Å². The monoisotopic (exact) mass is 175 g/mol. The summed E-state index contributed by atoms with van der Waals surface area (Å²) in [5.41, 5.74) is 0. The van der Waals surface area contributed by atoms with Gasteiger partial charge in [0.1, 0.15) is 0 Å². The molecule has 0 heterocycles. The van der Waals surface area contributed by atoms with Gasteiger partial charge in [0.2, 0.25) is 0 Å². The van der Waals surface area contributed by atoms with Crippen LogP contribution in [0.1, 0.15) is 19.8 Å². The van der Waals surface area contributed by atoms with Crippen LogP contribution in [0.25, 0.3) is 0 Å². The van der Waals surface area contributed by atoms with Crippen molar-refractivity contribution in [2.24, 2.45) is 0 Å².